The van der Waals surface area contributed by atoms with Gasteiger partial charge < -0.3 is 14.3 Å². The minimum Gasteiger partial charge on any atom is -0.493 e. The molecule has 5 nitrogen and oxygen atoms in total. The van der Waals surface area contributed by atoms with Crippen LogP contribution in [-0.2, 0) is 14.6 Å². The molecule has 0 aliphatic carbocycles. The zero-order chi connectivity index (χ0) is 13.8. The second kappa shape index (κ2) is 5.86. The molecule has 1 aromatic carbocycles. The predicted molar refractivity (Wildman–Crippen MR) is 67.8 cm³/mol. The van der Waals surface area contributed by atoms with Crippen molar-refractivity contribution in [3.05, 3.63) is 23.8 Å². The number of hydrogen-bond donors (Lipinski definition) is 0. The molecule has 0 aliphatic heterocycles. The Labute approximate surface area is 107 Å². The van der Waals surface area contributed by atoms with Crippen LogP contribution in [-0.4, -0.2) is 34.7 Å². The predicted octanol–water partition coefficient (Wildman–Crippen LogP) is 1.38. The molecule has 0 spiro atoms. The molecule has 0 heterocycles. The van der Waals surface area contributed by atoms with Crippen molar-refractivity contribution < 1.29 is 22.7 Å². The van der Waals surface area contributed by atoms with Crippen molar-refractivity contribution >= 4 is 16.1 Å². The average molecular weight is 272 g/mol. The molecule has 1 rings (SSSR count). The summed E-state index contributed by atoms with van der Waals surface area (Å²) in [6.45, 7) is 2.23. The first-order valence-corrected chi connectivity index (χ1v) is 7.34. The van der Waals surface area contributed by atoms with Gasteiger partial charge in [-0.1, -0.05) is 6.07 Å². The molecule has 0 aromatic heterocycles. The van der Waals surface area contributed by atoms with Crippen LogP contribution >= 0.6 is 0 Å². The van der Waals surface area contributed by atoms with Crippen molar-refractivity contribution in [1.29, 1.82) is 0 Å². The van der Waals surface area contributed by atoms with Gasteiger partial charge >= 0.3 is 0 Å². The summed E-state index contributed by atoms with van der Waals surface area (Å²) < 4.78 is 33.4. The summed E-state index contributed by atoms with van der Waals surface area (Å²) >= 11 is 0. The minimum atomic E-state index is -3.48. The molecular weight excluding hydrogens is 256 g/mol. The standard InChI is InChI=1S/C12H16O5S/c1-4-17-11-7-9(5-6-10(11)16-2)12(8-13)18(3,14)15/h5-8,12H,4H2,1-3H3. The van der Waals surface area contributed by atoms with Crippen LogP contribution in [0.4, 0.5) is 0 Å². The molecule has 0 fully saturated rings. The number of hydrogen-bond acceptors (Lipinski definition) is 5. The Hall–Kier alpha value is -1.56. The van der Waals surface area contributed by atoms with Gasteiger partial charge in [-0.2, -0.15) is 0 Å². The molecule has 0 saturated heterocycles. The highest BCUT2D eigenvalue weighted by Crippen LogP contribution is 2.31. The van der Waals surface area contributed by atoms with Crippen LogP contribution in [0.15, 0.2) is 18.2 Å². The van der Waals surface area contributed by atoms with E-state index >= 15 is 0 Å². The van der Waals surface area contributed by atoms with Gasteiger partial charge in [-0.15, -0.1) is 0 Å². The van der Waals surface area contributed by atoms with E-state index in [9.17, 15) is 13.2 Å². The lowest BCUT2D eigenvalue weighted by Crippen LogP contribution is -2.13. The lowest BCUT2D eigenvalue weighted by Gasteiger charge is -2.13. The van der Waals surface area contributed by atoms with Crippen LogP contribution in [0.25, 0.3) is 0 Å². The normalized spacial score (nSPS) is 12.8. The van der Waals surface area contributed by atoms with Crippen molar-refractivity contribution in [3.8, 4) is 11.5 Å². The number of aldehydes is 1. The maximum Gasteiger partial charge on any atom is 0.161 e. The fraction of sp³-hybridized carbons (Fsp3) is 0.417. The Morgan fingerprint density at radius 1 is 1.33 bits per heavy atom. The fourth-order valence-corrected chi connectivity index (χ4v) is 2.41. The molecule has 6 heteroatoms. The Morgan fingerprint density at radius 3 is 2.44 bits per heavy atom. The second-order valence-electron chi connectivity index (χ2n) is 3.73. The molecule has 1 aromatic rings. The van der Waals surface area contributed by atoms with Gasteiger partial charge in [-0.3, -0.25) is 0 Å². The quantitative estimate of drug-likeness (QED) is 0.732. The maximum absolute atomic E-state index is 11.5. The van der Waals surface area contributed by atoms with E-state index in [1.54, 1.807) is 19.1 Å². The highest BCUT2D eigenvalue weighted by molar-refractivity contribution is 7.91. The van der Waals surface area contributed by atoms with Gasteiger partial charge in [-0.05, 0) is 24.6 Å². The molecule has 0 bridgehead atoms. The van der Waals surface area contributed by atoms with Gasteiger partial charge in [0, 0.05) is 6.26 Å². The molecule has 0 aliphatic rings. The Morgan fingerprint density at radius 2 is 2.00 bits per heavy atom. The number of methoxy groups -OCH3 is 1. The van der Waals surface area contributed by atoms with Gasteiger partial charge in [0.25, 0.3) is 0 Å². The Kier molecular flexibility index (Phi) is 4.72. The van der Waals surface area contributed by atoms with Gasteiger partial charge in [0.2, 0.25) is 0 Å². The van der Waals surface area contributed by atoms with E-state index in [1.165, 1.54) is 13.2 Å². The largest absolute Gasteiger partial charge is 0.493 e. The molecule has 18 heavy (non-hydrogen) atoms. The van der Waals surface area contributed by atoms with Crippen LogP contribution in [0.5, 0.6) is 11.5 Å². The summed E-state index contributed by atoms with van der Waals surface area (Å²) in [4.78, 5) is 10.9. The number of rotatable bonds is 6. The third-order valence-corrected chi connectivity index (χ3v) is 3.71. The molecule has 100 valence electrons. The van der Waals surface area contributed by atoms with E-state index in [4.69, 9.17) is 9.47 Å². The van der Waals surface area contributed by atoms with Crippen LogP contribution in [0.3, 0.4) is 0 Å². The van der Waals surface area contributed by atoms with Crippen molar-refractivity contribution in [2.24, 2.45) is 0 Å². The van der Waals surface area contributed by atoms with Crippen molar-refractivity contribution in [1.82, 2.24) is 0 Å². The number of carbonyl (C=O) groups excluding carboxylic acids is 1. The monoisotopic (exact) mass is 272 g/mol. The van der Waals surface area contributed by atoms with Crippen LogP contribution in [0.2, 0.25) is 0 Å². The third-order valence-electron chi connectivity index (χ3n) is 2.40. The van der Waals surface area contributed by atoms with Crippen molar-refractivity contribution in [2.45, 2.75) is 12.2 Å². The lowest BCUT2D eigenvalue weighted by molar-refractivity contribution is -0.107. The maximum atomic E-state index is 11.5. The van der Waals surface area contributed by atoms with Crippen molar-refractivity contribution in [3.63, 3.8) is 0 Å². The first kappa shape index (κ1) is 14.5. The second-order valence-corrected chi connectivity index (χ2v) is 5.90. The van der Waals surface area contributed by atoms with E-state index in [2.05, 4.69) is 0 Å². The van der Waals surface area contributed by atoms with E-state index < -0.39 is 15.1 Å². The Balaban J connectivity index is 3.26. The third kappa shape index (κ3) is 3.22. The van der Waals surface area contributed by atoms with E-state index in [1.807, 2.05) is 0 Å². The summed E-state index contributed by atoms with van der Waals surface area (Å²) in [6, 6.07) is 4.64. The number of carbonyl (C=O) groups is 1. The fourth-order valence-electron chi connectivity index (χ4n) is 1.57. The zero-order valence-electron chi connectivity index (χ0n) is 10.5. The van der Waals surface area contributed by atoms with Gasteiger partial charge in [-0.25, -0.2) is 8.42 Å². The summed E-state index contributed by atoms with van der Waals surface area (Å²) in [5.41, 5.74) is 0.372. The smallest absolute Gasteiger partial charge is 0.161 e. The van der Waals surface area contributed by atoms with Crippen LogP contribution < -0.4 is 9.47 Å². The molecule has 1 atom stereocenters. The van der Waals surface area contributed by atoms with E-state index in [0.717, 1.165) is 6.26 Å². The molecule has 0 saturated carbocycles. The summed E-state index contributed by atoms with van der Waals surface area (Å²) in [5.74, 6) is 0.923. The first-order chi connectivity index (χ1) is 8.43. The average Bonchev–Trinajstić information content (AvgIpc) is 2.29. The van der Waals surface area contributed by atoms with Crippen LogP contribution in [0.1, 0.15) is 17.7 Å². The Bertz CT molecular complexity index is 521. The topological polar surface area (TPSA) is 69.7 Å². The summed E-state index contributed by atoms with van der Waals surface area (Å²) in [6.07, 6.45) is 1.43. The minimum absolute atomic E-state index is 0.372. The van der Waals surface area contributed by atoms with E-state index in [0.29, 0.717) is 30.0 Å². The highest BCUT2D eigenvalue weighted by Gasteiger charge is 2.23. The summed E-state index contributed by atoms with van der Waals surface area (Å²) in [7, 11) is -1.99. The molecule has 1 unspecified atom stereocenters. The molecular formula is C12H16O5S. The summed E-state index contributed by atoms with van der Waals surface area (Å²) in [5, 5.41) is -1.18. The molecule has 0 N–H and O–H groups in total. The van der Waals surface area contributed by atoms with Crippen LogP contribution in [0, 0.1) is 0 Å². The van der Waals surface area contributed by atoms with Crippen molar-refractivity contribution in [2.75, 3.05) is 20.0 Å². The first-order valence-electron chi connectivity index (χ1n) is 5.39. The van der Waals surface area contributed by atoms with Gasteiger partial charge in [0.05, 0.1) is 13.7 Å². The number of ether oxygens (including phenoxy) is 2. The van der Waals surface area contributed by atoms with Gasteiger partial charge in [0.15, 0.2) is 21.3 Å². The highest BCUT2D eigenvalue weighted by atomic mass is 32.2. The number of sulfone groups is 1. The zero-order valence-corrected chi connectivity index (χ0v) is 11.4. The van der Waals surface area contributed by atoms with Gasteiger partial charge in [0.1, 0.15) is 11.5 Å². The SMILES string of the molecule is CCOc1cc(C(C=O)S(C)(=O)=O)ccc1OC. The molecule has 0 amide bonds. The molecule has 0 radical (unpaired) electrons. The van der Waals surface area contributed by atoms with E-state index in [-0.39, 0.29) is 0 Å². The lowest BCUT2D eigenvalue weighted by atomic mass is 10.1. The number of benzene rings is 1.